The molecular weight excluding hydrogens is 380 g/mol. The molecule has 150 valence electrons. The number of nitrogens with zero attached hydrogens (tertiary/aromatic N) is 4. The highest BCUT2D eigenvalue weighted by atomic mass is 16.6. The maximum absolute atomic E-state index is 13.5. The Kier molecular flexibility index (Phi) is 3.48. The summed E-state index contributed by atoms with van der Waals surface area (Å²) in [5.41, 5.74) is 2.18. The Morgan fingerprint density at radius 1 is 1.07 bits per heavy atom. The first-order chi connectivity index (χ1) is 14.6. The largest absolute Gasteiger partial charge is 0.449 e. The van der Waals surface area contributed by atoms with E-state index in [1.807, 2.05) is 47.5 Å². The van der Waals surface area contributed by atoms with Gasteiger partial charge < -0.3 is 9.64 Å². The molecule has 1 spiro atoms. The van der Waals surface area contributed by atoms with Crippen molar-refractivity contribution in [3.05, 3.63) is 77.9 Å². The van der Waals surface area contributed by atoms with Crippen molar-refractivity contribution in [3.8, 4) is 5.69 Å². The molecule has 1 aromatic carbocycles. The van der Waals surface area contributed by atoms with Gasteiger partial charge in [-0.05, 0) is 42.7 Å². The van der Waals surface area contributed by atoms with Crippen LogP contribution in [0, 0.1) is 0 Å². The molecule has 1 atom stereocenters. The summed E-state index contributed by atoms with van der Waals surface area (Å²) in [7, 11) is 0. The highest BCUT2D eigenvalue weighted by Crippen LogP contribution is 2.52. The number of rotatable bonds is 3. The molecule has 7 heteroatoms. The molecule has 7 nitrogen and oxygen atoms in total. The predicted molar refractivity (Wildman–Crippen MR) is 107 cm³/mol. The molecule has 1 saturated heterocycles. The van der Waals surface area contributed by atoms with Crippen LogP contribution in [0.1, 0.15) is 40.7 Å². The van der Waals surface area contributed by atoms with E-state index < -0.39 is 11.0 Å². The van der Waals surface area contributed by atoms with E-state index in [1.54, 1.807) is 23.3 Å². The van der Waals surface area contributed by atoms with Crippen molar-refractivity contribution in [1.82, 2.24) is 19.7 Å². The lowest BCUT2D eigenvalue weighted by molar-refractivity contribution is -0.134. The maximum Gasteiger partial charge on any atom is 0.341 e. The normalized spacial score (nSPS) is 23.5. The summed E-state index contributed by atoms with van der Waals surface area (Å²) >= 11 is 0. The summed E-state index contributed by atoms with van der Waals surface area (Å²) in [6.45, 7) is 0.989. The quantitative estimate of drug-likeness (QED) is 0.632. The lowest BCUT2D eigenvalue weighted by Gasteiger charge is -2.27. The summed E-state index contributed by atoms with van der Waals surface area (Å²) in [6, 6.07) is 11.8. The number of aromatic nitrogens is 3. The summed E-state index contributed by atoms with van der Waals surface area (Å²) in [5, 5.41) is 4.25. The number of carbonyl (C=O) groups excluding carboxylic acids is 2. The van der Waals surface area contributed by atoms with E-state index in [9.17, 15) is 9.59 Å². The number of pyridine rings is 1. The first-order valence-electron chi connectivity index (χ1n) is 10.2. The summed E-state index contributed by atoms with van der Waals surface area (Å²) in [6.07, 6.45) is 9.18. The molecule has 1 aliphatic carbocycles. The van der Waals surface area contributed by atoms with Gasteiger partial charge in [-0.25, -0.2) is 9.48 Å². The van der Waals surface area contributed by atoms with Gasteiger partial charge in [-0.1, -0.05) is 12.1 Å². The van der Waals surface area contributed by atoms with Crippen LogP contribution in [0.3, 0.4) is 0 Å². The number of likely N-dealkylation sites (tertiary alicyclic amines) is 1. The molecule has 1 saturated carbocycles. The molecule has 2 aliphatic heterocycles. The molecule has 2 aromatic heterocycles. The van der Waals surface area contributed by atoms with Gasteiger partial charge in [-0.3, -0.25) is 9.78 Å². The third-order valence-corrected chi connectivity index (χ3v) is 6.69. The Balaban J connectivity index is 1.25. The maximum atomic E-state index is 13.5. The van der Waals surface area contributed by atoms with Crippen molar-refractivity contribution < 1.29 is 14.3 Å². The molecule has 6 rings (SSSR count). The highest BCUT2D eigenvalue weighted by molar-refractivity contribution is 5.95. The van der Waals surface area contributed by atoms with Gasteiger partial charge in [0.1, 0.15) is 0 Å². The molecule has 4 heterocycles. The Labute approximate surface area is 173 Å². The summed E-state index contributed by atoms with van der Waals surface area (Å²) in [5.74, 6) is -0.215. The van der Waals surface area contributed by atoms with Crippen molar-refractivity contribution in [2.75, 3.05) is 13.1 Å². The van der Waals surface area contributed by atoms with Gasteiger partial charge in [-0.15, -0.1) is 0 Å². The summed E-state index contributed by atoms with van der Waals surface area (Å²) in [4.78, 5) is 31.7. The van der Waals surface area contributed by atoms with E-state index >= 15 is 0 Å². The Bertz CT molecular complexity index is 1150. The van der Waals surface area contributed by atoms with Gasteiger partial charge in [0.2, 0.25) is 5.91 Å². The molecule has 0 bridgehead atoms. The van der Waals surface area contributed by atoms with Crippen LogP contribution in [0.2, 0.25) is 0 Å². The molecule has 0 N–H and O–H groups in total. The number of esters is 1. The van der Waals surface area contributed by atoms with Crippen molar-refractivity contribution in [3.63, 3.8) is 0 Å². The Morgan fingerprint density at radius 2 is 1.90 bits per heavy atom. The zero-order valence-corrected chi connectivity index (χ0v) is 16.3. The number of benzene rings is 1. The van der Waals surface area contributed by atoms with Crippen molar-refractivity contribution in [2.24, 2.45) is 0 Å². The van der Waals surface area contributed by atoms with Crippen LogP contribution >= 0.6 is 0 Å². The smallest absolute Gasteiger partial charge is 0.341 e. The minimum Gasteiger partial charge on any atom is -0.449 e. The minimum atomic E-state index is -0.731. The van der Waals surface area contributed by atoms with Crippen molar-refractivity contribution in [1.29, 1.82) is 0 Å². The molecule has 3 aromatic rings. The lowest BCUT2D eigenvalue weighted by Crippen LogP contribution is -2.40. The average molecular weight is 400 g/mol. The van der Waals surface area contributed by atoms with E-state index in [2.05, 4.69) is 10.1 Å². The van der Waals surface area contributed by atoms with Crippen LogP contribution in [0.4, 0.5) is 0 Å². The van der Waals surface area contributed by atoms with Crippen LogP contribution in [-0.4, -0.2) is 44.6 Å². The monoisotopic (exact) mass is 400 g/mol. The average Bonchev–Trinajstić information content (AvgIpc) is 3.13. The second kappa shape index (κ2) is 6.01. The molecule has 0 radical (unpaired) electrons. The number of amides is 1. The second-order valence-corrected chi connectivity index (χ2v) is 8.36. The Morgan fingerprint density at radius 3 is 2.63 bits per heavy atom. The van der Waals surface area contributed by atoms with Crippen LogP contribution < -0.4 is 0 Å². The molecule has 30 heavy (non-hydrogen) atoms. The van der Waals surface area contributed by atoms with E-state index in [1.165, 1.54) is 0 Å². The van der Waals surface area contributed by atoms with Crippen LogP contribution in [0.15, 0.2) is 61.2 Å². The number of ether oxygens (including phenoxy) is 1. The van der Waals surface area contributed by atoms with Gasteiger partial charge in [0.25, 0.3) is 0 Å². The summed E-state index contributed by atoms with van der Waals surface area (Å²) < 4.78 is 7.58. The molecule has 1 amide bonds. The number of carbonyl (C=O) groups is 2. The van der Waals surface area contributed by atoms with E-state index in [-0.39, 0.29) is 11.9 Å². The van der Waals surface area contributed by atoms with Gasteiger partial charge in [0.05, 0.1) is 23.2 Å². The fraction of sp³-hybridized carbons (Fsp3) is 0.304. The fourth-order valence-corrected chi connectivity index (χ4v) is 4.91. The molecule has 2 fully saturated rings. The lowest BCUT2D eigenvalue weighted by atomic mass is 9.92. The number of hydrogen-bond donors (Lipinski definition) is 0. The second-order valence-electron chi connectivity index (χ2n) is 8.36. The first-order valence-corrected chi connectivity index (χ1v) is 10.2. The van der Waals surface area contributed by atoms with E-state index in [0.717, 1.165) is 29.7 Å². The van der Waals surface area contributed by atoms with Gasteiger partial charge in [-0.2, -0.15) is 5.10 Å². The molecule has 3 aliphatic rings. The number of hydrogen-bond acceptors (Lipinski definition) is 5. The van der Waals surface area contributed by atoms with E-state index in [0.29, 0.717) is 25.1 Å². The zero-order valence-electron chi connectivity index (χ0n) is 16.3. The minimum absolute atomic E-state index is 0.129. The highest BCUT2D eigenvalue weighted by Gasteiger charge is 2.57. The SMILES string of the molecule is O=C1OC2(CCN(C(=O)C3(c4ccc(-n5cccn5)cc4)CC3)C2)c2ccncc21. The Hall–Kier alpha value is -3.48. The van der Waals surface area contributed by atoms with Gasteiger partial charge in [0.15, 0.2) is 5.60 Å². The van der Waals surface area contributed by atoms with Gasteiger partial charge >= 0.3 is 5.97 Å². The third-order valence-electron chi connectivity index (χ3n) is 6.69. The molecular formula is C23H20N4O3. The van der Waals surface area contributed by atoms with Crippen molar-refractivity contribution in [2.45, 2.75) is 30.3 Å². The fourth-order valence-electron chi connectivity index (χ4n) is 4.91. The van der Waals surface area contributed by atoms with E-state index in [4.69, 9.17) is 4.74 Å². The van der Waals surface area contributed by atoms with Gasteiger partial charge in [0, 0.05) is 43.3 Å². The van der Waals surface area contributed by atoms with Crippen LogP contribution in [-0.2, 0) is 20.5 Å². The van der Waals surface area contributed by atoms with Crippen LogP contribution in [0.5, 0.6) is 0 Å². The third kappa shape index (κ3) is 2.38. The number of fused-ring (bicyclic) bond motifs is 2. The standard InChI is InChI=1S/C23H20N4O3/c28-20-18-14-24-11-6-19(18)23(30-20)9-13-26(15-23)21(29)22(7-8-22)16-2-4-17(5-3-16)27-12-1-10-25-27/h1-6,10-12,14H,7-9,13,15H2. The zero-order chi connectivity index (χ0) is 20.3. The van der Waals surface area contributed by atoms with Crippen LogP contribution in [0.25, 0.3) is 5.69 Å². The predicted octanol–water partition coefficient (Wildman–Crippen LogP) is 2.60. The first kappa shape index (κ1) is 17.4. The van der Waals surface area contributed by atoms with Crippen molar-refractivity contribution >= 4 is 11.9 Å². The molecule has 1 unspecified atom stereocenters. The topological polar surface area (TPSA) is 77.3 Å².